The van der Waals surface area contributed by atoms with Crippen LogP contribution in [-0.2, 0) is 4.79 Å². The van der Waals surface area contributed by atoms with Gasteiger partial charge < -0.3 is 10.6 Å². The second kappa shape index (κ2) is 6.01. The van der Waals surface area contributed by atoms with E-state index in [9.17, 15) is 9.18 Å². The lowest BCUT2D eigenvalue weighted by Gasteiger charge is -2.26. The zero-order valence-electron chi connectivity index (χ0n) is 10.9. The Bertz CT molecular complexity index is 473. The third kappa shape index (κ3) is 3.15. The fraction of sp³-hybridized carbons (Fsp3) is 0.500. The molecule has 1 fully saturated rings. The van der Waals surface area contributed by atoms with Crippen LogP contribution in [0.5, 0.6) is 0 Å². The molecule has 1 aliphatic rings. The summed E-state index contributed by atoms with van der Waals surface area (Å²) in [4.78, 5) is 12.4. The number of hydrogen-bond acceptors (Lipinski definition) is 2. The van der Waals surface area contributed by atoms with Crippen LogP contribution in [0.25, 0.3) is 0 Å². The van der Waals surface area contributed by atoms with Crippen LogP contribution in [0.4, 0.5) is 10.1 Å². The average molecular weight is 329 g/mol. The van der Waals surface area contributed by atoms with E-state index in [2.05, 4.69) is 33.5 Å². The van der Waals surface area contributed by atoms with E-state index in [0.717, 1.165) is 25.8 Å². The van der Waals surface area contributed by atoms with Crippen molar-refractivity contribution in [3.8, 4) is 0 Å². The Morgan fingerprint density at radius 1 is 1.58 bits per heavy atom. The van der Waals surface area contributed by atoms with Gasteiger partial charge in [-0.3, -0.25) is 4.79 Å². The van der Waals surface area contributed by atoms with E-state index in [4.69, 9.17) is 0 Å². The normalized spacial score (nSPS) is 22.5. The van der Waals surface area contributed by atoms with Gasteiger partial charge in [0.05, 0.1) is 11.1 Å². The van der Waals surface area contributed by atoms with Gasteiger partial charge in [0, 0.05) is 11.0 Å². The molecule has 2 N–H and O–H groups in total. The number of hydrogen-bond donors (Lipinski definition) is 2. The average Bonchev–Trinajstić information content (AvgIpc) is 2.83. The van der Waals surface area contributed by atoms with Gasteiger partial charge in [0.2, 0.25) is 5.91 Å². The molecule has 1 aromatic carbocycles. The Balaban J connectivity index is 2.15. The molecule has 19 heavy (non-hydrogen) atoms. The topological polar surface area (TPSA) is 41.1 Å². The number of rotatable bonds is 4. The summed E-state index contributed by atoms with van der Waals surface area (Å²) in [6.45, 7) is 3.58. The van der Waals surface area contributed by atoms with Crippen molar-refractivity contribution < 1.29 is 9.18 Å². The summed E-state index contributed by atoms with van der Waals surface area (Å²) >= 11 is 3.20. The Labute approximate surface area is 121 Å². The monoisotopic (exact) mass is 328 g/mol. The number of nitrogens with one attached hydrogen (secondary N) is 2. The number of benzene rings is 1. The molecule has 1 saturated heterocycles. The zero-order valence-corrected chi connectivity index (χ0v) is 12.5. The van der Waals surface area contributed by atoms with Gasteiger partial charge in [0.25, 0.3) is 0 Å². The molecular formula is C14H18BrFN2O. The van der Waals surface area contributed by atoms with Crippen molar-refractivity contribution in [2.24, 2.45) is 5.41 Å². The summed E-state index contributed by atoms with van der Waals surface area (Å²) in [6.07, 6.45) is 2.58. The molecule has 1 atom stereocenters. The third-order valence-corrected chi connectivity index (χ3v) is 4.13. The Morgan fingerprint density at radius 2 is 2.37 bits per heavy atom. The summed E-state index contributed by atoms with van der Waals surface area (Å²) in [5, 5.41) is 5.96. The predicted molar refractivity (Wildman–Crippen MR) is 77.6 cm³/mol. The lowest BCUT2D eigenvalue weighted by molar-refractivity contribution is -0.125. The standard InChI is InChI=1S/C14H18BrFN2O/c1-2-5-14(6-7-17-9-14)13(19)18-12-4-3-10(15)8-11(12)16/h3-4,8,17H,2,5-7,9H2,1H3,(H,18,19). The second-order valence-corrected chi connectivity index (χ2v) is 5.95. The van der Waals surface area contributed by atoms with Crippen LogP contribution in [0.3, 0.4) is 0 Å². The highest BCUT2D eigenvalue weighted by Crippen LogP contribution is 2.33. The van der Waals surface area contributed by atoms with Gasteiger partial charge in [-0.1, -0.05) is 29.3 Å². The Kier molecular flexibility index (Phi) is 4.58. The van der Waals surface area contributed by atoms with E-state index in [1.165, 1.54) is 6.07 Å². The molecule has 0 saturated carbocycles. The Hall–Kier alpha value is -0.940. The van der Waals surface area contributed by atoms with E-state index in [1.54, 1.807) is 12.1 Å². The van der Waals surface area contributed by atoms with Crippen molar-refractivity contribution >= 4 is 27.5 Å². The first-order valence-corrected chi connectivity index (χ1v) is 7.34. The molecule has 3 nitrogen and oxygen atoms in total. The van der Waals surface area contributed by atoms with Crippen molar-refractivity contribution in [3.63, 3.8) is 0 Å². The van der Waals surface area contributed by atoms with Crippen molar-refractivity contribution in [3.05, 3.63) is 28.5 Å². The van der Waals surface area contributed by atoms with Gasteiger partial charge in [-0.25, -0.2) is 4.39 Å². The minimum absolute atomic E-state index is 0.0828. The number of anilines is 1. The quantitative estimate of drug-likeness (QED) is 0.890. The summed E-state index contributed by atoms with van der Waals surface area (Å²) in [5.74, 6) is -0.499. The second-order valence-electron chi connectivity index (χ2n) is 5.04. The maximum atomic E-state index is 13.7. The van der Waals surface area contributed by atoms with Crippen LogP contribution < -0.4 is 10.6 Å². The molecule has 0 radical (unpaired) electrons. The highest BCUT2D eigenvalue weighted by atomic mass is 79.9. The number of carbonyl (C=O) groups is 1. The van der Waals surface area contributed by atoms with E-state index < -0.39 is 11.2 Å². The molecule has 1 aromatic rings. The SMILES string of the molecule is CCCC1(C(=O)Nc2ccc(Br)cc2F)CCNC1. The third-order valence-electron chi connectivity index (χ3n) is 3.63. The van der Waals surface area contributed by atoms with Crippen LogP contribution in [0.2, 0.25) is 0 Å². The van der Waals surface area contributed by atoms with E-state index in [1.807, 2.05) is 0 Å². The van der Waals surface area contributed by atoms with E-state index in [-0.39, 0.29) is 11.6 Å². The predicted octanol–water partition coefficient (Wildman–Crippen LogP) is 3.31. The molecule has 0 aromatic heterocycles. The molecule has 1 heterocycles. The van der Waals surface area contributed by atoms with E-state index in [0.29, 0.717) is 11.0 Å². The van der Waals surface area contributed by atoms with Gasteiger partial charge in [0.15, 0.2) is 0 Å². The minimum Gasteiger partial charge on any atom is -0.323 e. The zero-order chi connectivity index (χ0) is 13.9. The minimum atomic E-state index is -0.416. The largest absolute Gasteiger partial charge is 0.323 e. The Morgan fingerprint density at radius 3 is 2.95 bits per heavy atom. The lowest BCUT2D eigenvalue weighted by Crippen LogP contribution is -2.38. The van der Waals surface area contributed by atoms with Gasteiger partial charge in [-0.05, 0) is 37.6 Å². The van der Waals surface area contributed by atoms with Crippen molar-refractivity contribution in [1.82, 2.24) is 5.32 Å². The van der Waals surface area contributed by atoms with E-state index >= 15 is 0 Å². The highest BCUT2D eigenvalue weighted by Gasteiger charge is 2.40. The maximum absolute atomic E-state index is 13.7. The fourth-order valence-corrected chi connectivity index (χ4v) is 2.92. The lowest BCUT2D eigenvalue weighted by atomic mass is 9.81. The first kappa shape index (κ1) is 14.5. The summed E-state index contributed by atoms with van der Waals surface area (Å²) in [6, 6.07) is 4.66. The first-order valence-electron chi connectivity index (χ1n) is 6.54. The van der Waals surface area contributed by atoms with Crippen molar-refractivity contribution in [2.75, 3.05) is 18.4 Å². The first-order chi connectivity index (χ1) is 9.07. The van der Waals surface area contributed by atoms with Gasteiger partial charge >= 0.3 is 0 Å². The number of halogens is 2. The molecule has 0 spiro atoms. The van der Waals surface area contributed by atoms with Crippen LogP contribution in [0.15, 0.2) is 22.7 Å². The molecule has 1 aliphatic heterocycles. The van der Waals surface area contributed by atoms with Gasteiger partial charge in [-0.2, -0.15) is 0 Å². The van der Waals surface area contributed by atoms with Crippen molar-refractivity contribution in [2.45, 2.75) is 26.2 Å². The molecule has 1 amide bonds. The molecule has 2 rings (SSSR count). The van der Waals surface area contributed by atoms with Gasteiger partial charge in [-0.15, -0.1) is 0 Å². The molecule has 0 aliphatic carbocycles. The number of amides is 1. The van der Waals surface area contributed by atoms with Crippen LogP contribution in [0.1, 0.15) is 26.2 Å². The summed E-state index contributed by atoms with van der Waals surface area (Å²) in [5.41, 5.74) is -0.149. The maximum Gasteiger partial charge on any atom is 0.232 e. The smallest absolute Gasteiger partial charge is 0.232 e. The van der Waals surface area contributed by atoms with Crippen LogP contribution >= 0.6 is 15.9 Å². The molecule has 0 bridgehead atoms. The molecule has 5 heteroatoms. The summed E-state index contributed by atoms with van der Waals surface area (Å²) in [7, 11) is 0. The van der Waals surface area contributed by atoms with Crippen LogP contribution in [0, 0.1) is 11.2 Å². The summed E-state index contributed by atoms with van der Waals surface area (Å²) < 4.78 is 14.4. The van der Waals surface area contributed by atoms with Crippen molar-refractivity contribution in [1.29, 1.82) is 0 Å². The number of carbonyl (C=O) groups excluding carboxylic acids is 1. The van der Waals surface area contributed by atoms with Gasteiger partial charge in [0.1, 0.15) is 5.82 Å². The van der Waals surface area contributed by atoms with Crippen LogP contribution in [-0.4, -0.2) is 19.0 Å². The highest BCUT2D eigenvalue weighted by molar-refractivity contribution is 9.10. The molecule has 104 valence electrons. The molecular weight excluding hydrogens is 311 g/mol. The fourth-order valence-electron chi connectivity index (χ4n) is 2.59. The molecule has 1 unspecified atom stereocenters.